The molecule has 0 aromatic carbocycles. The van der Waals surface area contributed by atoms with Gasteiger partial charge in [-0.25, -0.2) is 0 Å². The quantitative estimate of drug-likeness (QED) is 0.882. The number of rotatable bonds is 3. The second-order valence-electron chi connectivity index (χ2n) is 8.00. The molecule has 0 saturated carbocycles. The van der Waals surface area contributed by atoms with Gasteiger partial charge in [0.25, 0.3) is 5.91 Å². The van der Waals surface area contributed by atoms with E-state index in [1.165, 1.54) is 21.8 Å². The number of nitrogens with one attached hydrogen (secondary N) is 2. The Morgan fingerprint density at radius 2 is 2.00 bits per heavy atom. The maximum absolute atomic E-state index is 12.5. The number of carbonyl (C=O) groups excluding carboxylic acids is 1. The third-order valence-corrected chi connectivity index (χ3v) is 6.54. The monoisotopic (exact) mass is 346 g/mol. The van der Waals surface area contributed by atoms with Gasteiger partial charge in [-0.3, -0.25) is 4.79 Å². The number of amides is 1. The molecule has 0 bridgehead atoms. The van der Waals surface area contributed by atoms with Gasteiger partial charge >= 0.3 is 0 Å². The minimum Gasteiger partial charge on any atom is -0.327 e. The largest absolute Gasteiger partial charge is 0.327 e. The van der Waals surface area contributed by atoms with Crippen molar-refractivity contribution in [2.75, 3.05) is 25.0 Å². The van der Waals surface area contributed by atoms with Crippen LogP contribution in [0.5, 0.6) is 0 Å². The summed E-state index contributed by atoms with van der Waals surface area (Å²) in [5.41, 5.74) is 1.90. The van der Waals surface area contributed by atoms with Crippen LogP contribution in [0.15, 0.2) is 0 Å². The minimum absolute atomic E-state index is 0.0504. The van der Waals surface area contributed by atoms with Crippen LogP contribution >= 0.6 is 11.3 Å². The molecule has 4 atom stereocenters. The lowest BCUT2D eigenvalue weighted by molar-refractivity contribution is -0.904. The Labute approximate surface area is 148 Å². The van der Waals surface area contributed by atoms with E-state index in [4.69, 9.17) is 0 Å². The number of nitriles is 1. The summed E-state index contributed by atoms with van der Waals surface area (Å²) in [5.74, 6) is 2.09. The Hall–Kier alpha value is -1.38. The number of carbonyl (C=O) groups is 1. The molecule has 1 unspecified atom stereocenters. The van der Waals surface area contributed by atoms with Gasteiger partial charge in [0, 0.05) is 16.7 Å². The van der Waals surface area contributed by atoms with Gasteiger partial charge in [-0.2, -0.15) is 5.26 Å². The number of piperidine rings is 1. The van der Waals surface area contributed by atoms with E-state index in [0.29, 0.717) is 29.9 Å². The lowest BCUT2D eigenvalue weighted by Crippen LogP contribution is -3.15. The maximum atomic E-state index is 12.5. The molecule has 1 fully saturated rings. The number of fused-ring (bicyclic) bond motifs is 1. The summed E-state index contributed by atoms with van der Waals surface area (Å²) < 4.78 is 0. The zero-order chi connectivity index (χ0) is 17.3. The third-order valence-electron chi connectivity index (χ3n) is 5.37. The SMILES string of the molecule is C[C@@H]1CCc2c(sc(NC(=O)C[NH+]3C[C@H](C)C[C@H](C)C3)c2C#N)C1. The summed E-state index contributed by atoms with van der Waals surface area (Å²) in [6.07, 6.45) is 4.41. The Balaban J connectivity index is 1.67. The van der Waals surface area contributed by atoms with Crippen LogP contribution in [0.25, 0.3) is 0 Å². The first-order valence-corrected chi connectivity index (χ1v) is 9.96. The molecule has 5 heteroatoms. The normalized spacial score (nSPS) is 29.6. The van der Waals surface area contributed by atoms with Crippen LogP contribution in [0.4, 0.5) is 5.00 Å². The van der Waals surface area contributed by atoms with Crippen LogP contribution in [0.2, 0.25) is 0 Å². The highest BCUT2D eigenvalue weighted by Crippen LogP contribution is 2.39. The van der Waals surface area contributed by atoms with Crippen LogP contribution in [-0.4, -0.2) is 25.5 Å². The predicted octanol–water partition coefficient (Wildman–Crippen LogP) is 2.24. The zero-order valence-corrected chi connectivity index (χ0v) is 15.8. The molecule has 2 aliphatic rings. The third kappa shape index (κ3) is 3.81. The number of anilines is 1. The highest BCUT2D eigenvalue weighted by molar-refractivity contribution is 7.16. The molecule has 0 spiro atoms. The van der Waals surface area contributed by atoms with E-state index in [2.05, 4.69) is 32.2 Å². The molecular weight excluding hydrogens is 318 g/mol. The molecule has 4 nitrogen and oxygen atoms in total. The summed E-state index contributed by atoms with van der Waals surface area (Å²) in [4.78, 5) is 15.2. The first-order valence-electron chi connectivity index (χ1n) is 9.14. The average molecular weight is 347 g/mol. The molecule has 1 aromatic heterocycles. The van der Waals surface area contributed by atoms with E-state index < -0.39 is 0 Å². The first kappa shape index (κ1) is 17.4. The van der Waals surface area contributed by atoms with Gasteiger partial charge in [-0.05, 0) is 37.2 Å². The molecule has 3 rings (SSSR count). The number of thiophene rings is 1. The van der Waals surface area contributed by atoms with Crippen LogP contribution in [0, 0.1) is 29.1 Å². The lowest BCUT2D eigenvalue weighted by atomic mass is 9.88. The minimum atomic E-state index is 0.0504. The van der Waals surface area contributed by atoms with Crippen LogP contribution in [0.3, 0.4) is 0 Å². The molecular formula is C19H28N3OS+. The number of likely N-dealkylation sites (tertiary alicyclic amines) is 1. The second-order valence-corrected chi connectivity index (χ2v) is 9.10. The van der Waals surface area contributed by atoms with Crippen molar-refractivity contribution in [2.45, 2.75) is 46.5 Å². The van der Waals surface area contributed by atoms with Crippen LogP contribution in [0.1, 0.15) is 49.6 Å². The van der Waals surface area contributed by atoms with Crippen molar-refractivity contribution in [3.8, 4) is 6.07 Å². The van der Waals surface area contributed by atoms with Crippen molar-refractivity contribution in [2.24, 2.45) is 17.8 Å². The molecule has 1 saturated heterocycles. The van der Waals surface area contributed by atoms with Gasteiger partial charge in [-0.15, -0.1) is 11.3 Å². The molecule has 1 amide bonds. The Bertz CT molecular complexity index is 650. The fourth-order valence-electron chi connectivity index (χ4n) is 4.42. The van der Waals surface area contributed by atoms with E-state index in [0.717, 1.165) is 37.4 Å². The fraction of sp³-hybridized carbons (Fsp3) is 0.684. The van der Waals surface area contributed by atoms with Crippen molar-refractivity contribution in [1.82, 2.24) is 0 Å². The number of hydrogen-bond donors (Lipinski definition) is 2. The zero-order valence-electron chi connectivity index (χ0n) is 14.9. The van der Waals surface area contributed by atoms with Gasteiger partial charge in [0.15, 0.2) is 6.54 Å². The standard InChI is InChI=1S/C19H27N3OS/c1-12-4-5-15-16(8-20)19(24-17(15)7-12)21-18(23)11-22-9-13(2)6-14(3)10-22/h12-14H,4-7,9-11H2,1-3H3,(H,21,23)/p+1/t12-,13-,14+/m1/s1. The van der Waals surface area contributed by atoms with Crippen molar-refractivity contribution < 1.29 is 9.69 Å². The molecule has 0 radical (unpaired) electrons. The van der Waals surface area contributed by atoms with Crippen LogP contribution in [-0.2, 0) is 17.6 Å². The predicted molar refractivity (Wildman–Crippen MR) is 97.4 cm³/mol. The topological polar surface area (TPSA) is 57.3 Å². The highest BCUT2D eigenvalue weighted by atomic mass is 32.1. The number of hydrogen-bond acceptors (Lipinski definition) is 3. The van der Waals surface area contributed by atoms with E-state index in [-0.39, 0.29) is 5.91 Å². The first-order chi connectivity index (χ1) is 11.5. The second kappa shape index (κ2) is 7.25. The molecule has 1 aliphatic carbocycles. The Kier molecular flexibility index (Phi) is 5.27. The van der Waals surface area contributed by atoms with Crippen molar-refractivity contribution >= 4 is 22.2 Å². The number of quaternary nitrogens is 1. The maximum Gasteiger partial charge on any atom is 0.280 e. The summed E-state index contributed by atoms with van der Waals surface area (Å²) in [5, 5.41) is 13.4. The Morgan fingerprint density at radius 1 is 1.29 bits per heavy atom. The molecule has 24 heavy (non-hydrogen) atoms. The summed E-state index contributed by atoms with van der Waals surface area (Å²) in [6.45, 7) is 9.46. The lowest BCUT2D eigenvalue weighted by Gasteiger charge is -2.31. The van der Waals surface area contributed by atoms with Gasteiger partial charge in [0.05, 0.1) is 18.7 Å². The van der Waals surface area contributed by atoms with Crippen molar-refractivity contribution in [3.63, 3.8) is 0 Å². The van der Waals surface area contributed by atoms with Crippen LogP contribution < -0.4 is 10.2 Å². The Morgan fingerprint density at radius 3 is 2.67 bits per heavy atom. The van der Waals surface area contributed by atoms with E-state index in [1.807, 2.05) is 0 Å². The molecule has 2 heterocycles. The summed E-state index contributed by atoms with van der Waals surface area (Å²) in [7, 11) is 0. The van der Waals surface area contributed by atoms with Crippen molar-refractivity contribution in [3.05, 3.63) is 16.0 Å². The fourth-order valence-corrected chi connectivity index (χ4v) is 5.80. The van der Waals surface area contributed by atoms with Gasteiger partial charge in [-0.1, -0.05) is 20.8 Å². The van der Waals surface area contributed by atoms with Gasteiger partial charge in [0.2, 0.25) is 0 Å². The van der Waals surface area contributed by atoms with Gasteiger partial charge in [0.1, 0.15) is 11.1 Å². The van der Waals surface area contributed by atoms with Crippen molar-refractivity contribution in [1.29, 1.82) is 5.26 Å². The highest BCUT2D eigenvalue weighted by Gasteiger charge is 2.28. The van der Waals surface area contributed by atoms with E-state index in [9.17, 15) is 10.1 Å². The average Bonchev–Trinajstić information content (AvgIpc) is 2.81. The van der Waals surface area contributed by atoms with E-state index in [1.54, 1.807) is 11.3 Å². The number of nitrogens with zero attached hydrogens (tertiary/aromatic N) is 1. The molecule has 2 N–H and O–H groups in total. The summed E-state index contributed by atoms with van der Waals surface area (Å²) in [6, 6.07) is 2.33. The van der Waals surface area contributed by atoms with Gasteiger partial charge < -0.3 is 10.2 Å². The summed E-state index contributed by atoms with van der Waals surface area (Å²) >= 11 is 1.62. The molecule has 130 valence electrons. The van der Waals surface area contributed by atoms with E-state index >= 15 is 0 Å². The molecule has 1 aliphatic heterocycles. The molecule has 1 aromatic rings. The smallest absolute Gasteiger partial charge is 0.280 e.